The number of rotatable bonds is 2. The quantitative estimate of drug-likeness (QED) is 0.907. The molecular weight excluding hydrogens is 264 g/mol. The molecule has 2 unspecified atom stereocenters. The summed E-state index contributed by atoms with van der Waals surface area (Å²) in [5.41, 5.74) is 3.29. The molecule has 1 aromatic heterocycles. The predicted octanol–water partition coefficient (Wildman–Crippen LogP) is 3.66. The Morgan fingerprint density at radius 1 is 1.22 bits per heavy atom. The third-order valence-electron chi connectivity index (χ3n) is 3.60. The van der Waals surface area contributed by atoms with Crippen LogP contribution in [-0.2, 0) is 0 Å². The topological polar surface area (TPSA) is 24.9 Å². The predicted molar refractivity (Wildman–Crippen MR) is 76.5 cm³/mol. The summed E-state index contributed by atoms with van der Waals surface area (Å²) in [4.78, 5) is 5.62. The summed E-state index contributed by atoms with van der Waals surface area (Å²) in [6, 6.07) is 8.26. The lowest BCUT2D eigenvalue weighted by Crippen LogP contribution is -2.33. The molecule has 1 fully saturated rings. The van der Waals surface area contributed by atoms with Gasteiger partial charge in [0.25, 0.3) is 0 Å². The molecule has 2 heterocycles. The summed E-state index contributed by atoms with van der Waals surface area (Å²) in [5, 5.41) is 4.29. The number of nitrogens with zero attached hydrogens (tertiary/aromatic N) is 1. The summed E-state index contributed by atoms with van der Waals surface area (Å²) < 4.78 is 0. The molecule has 94 valence electrons. The highest BCUT2D eigenvalue weighted by molar-refractivity contribution is 7.09. The van der Waals surface area contributed by atoms with E-state index in [4.69, 9.17) is 11.6 Å². The number of aromatic nitrogens is 1. The van der Waals surface area contributed by atoms with Crippen molar-refractivity contribution in [1.29, 1.82) is 0 Å². The van der Waals surface area contributed by atoms with E-state index in [1.807, 2.05) is 23.8 Å². The average molecular weight is 279 g/mol. The van der Waals surface area contributed by atoms with Gasteiger partial charge in [0, 0.05) is 34.5 Å². The monoisotopic (exact) mass is 278 g/mol. The summed E-state index contributed by atoms with van der Waals surface area (Å²) in [7, 11) is 0. The smallest absolute Gasteiger partial charge is 0.0794 e. The molecule has 1 aromatic carbocycles. The van der Waals surface area contributed by atoms with Gasteiger partial charge >= 0.3 is 0 Å². The van der Waals surface area contributed by atoms with Gasteiger partial charge in [0.05, 0.1) is 5.51 Å². The second kappa shape index (κ2) is 5.39. The molecule has 4 heteroatoms. The molecule has 2 nitrogen and oxygen atoms in total. The maximum Gasteiger partial charge on any atom is 0.0794 e. The van der Waals surface area contributed by atoms with Crippen molar-refractivity contribution < 1.29 is 0 Å². The maximum atomic E-state index is 5.96. The lowest BCUT2D eigenvalue weighted by Gasteiger charge is -2.31. The SMILES string of the molecule is Clc1ccc(C2CNCCC2c2cncs2)cc1. The van der Waals surface area contributed by atoms with Gasteiger partial charge in [-0.1, -0.05) is 23.7 Å². The number of hydrogen-bond acceptors (Lipinski definition) is 3. The van der Waals surface area contributed by atoms with Crippen LogP contribution in [0.25, 0.3) is 0 Å². The van der Waals surface area contributed by atoms with Crippen molar-refractivity contribution in [3.63, 3.8) is 0 Å². The number of thiazole rings is 1. The van der Waals surface area contributed by atoms with Crippen molar-refractivity contribution in [2.24, 2.45) is 0 Å². The molecule has 0 aliphatic carbocycles. The molecule has 2 atom stereocenters. The Morgan fingerprint density at radius 3 is 2.78 bits per heavy atom. The van der Waals surface area contributed by atoms with Crippen molar-refractivity contribution in [2.75, 3.05) is 13.1 Å². The van der Waals surface area contributed by atoms with Gasteiger partial charge in [-0.3, -0.25) is 4.98 Å². The average Bonchev–Trinajstić information content (AvgIpc) is 2.93. The molecule has 0 bridgehead atoms. The lowest BCUT2D eigenvalue weighted by molar-refractivity contribution is 0.408. The van der Waals surface area contributed by atoms with Crippen LogP contribution in [-0.4, -0.2) is 18.1 Å². The Kier molecular flexibility index (Phi) is 3.64. The van der Waals surface area contributed by atoms with E-state index in [9.17, 15) is 0 Å². The highest BCUT2D eigenvalue weighted by Gasteiger charge is 2.28. The zero-order valence-corrected chi connectivity index (χ0v) is 11.5. The first kappa shape index (κ1) is 12.2. The van der Waals surface area contributed by atoms with Gasteiger partial charge < -0.3 is 5.32 Å². The molecule has 18 heavy (non-hydrogen) atoms. The third kappa shape index (κ3) is 2.44. The molecule has 0 spiro atoms. The minimum Gasteiger partial charge on any atom is -0.316 e. The first-order valence-corrected chi connectivity index (χ1v) is 7.45. The van der Waals surface area contributed by atoms with Gasteiger partial charge in [-0.05, 0) is 30.7 Å². The molecule has 1 aliphatic rings. The normalized spacial score (nSPS) is 24.1. The van der Waals surface area contributed by atoms with Gasteiger partial charge in [0.2, 0.25) is 0 Å². The van der Waals surface area contributed by atoms with Crippen LogP contribution >= 0.6 is 22.9 Å². The standard InChI is InChI=1S/C14H15ClN2S/c15-11-3-1-10(2-4-11)13-7-16-6-5-12(13)14-8-17-9-18-14/h1-4,8-9,12-13,16H,5-7H2. The molecule has 0 amide bonds. The molecule has 0 radical (unpaired) electrons. The van der Waals surface area contributed by atoms with E-state index in [2.05, 4.69) is 22.4 Å². The molecule has 1 saturated heterocycles. The molecule has 2 aromatic rings. The molecule has 1 N–H and O–H groups in total. The van der Waals surface area contributed by atoms with E-state index >= 15 is 0 Å². The Balaban J connectivity index is 1.90. The Morgan fingerprint density at radius 2 is 2.06 bits per heavy atom. The van der Waals surface area contributed by atoms with E-state index in [0.29, 0.717) is 11.8 Å². The number of halogens is 1. The van der Waals surface area contributed by atoms with Crippen LogP contribution in [0.4, 0.5) is 0 Å². The minimum absolute atomic E-state index is 0.525. The van der Waals surface area contributed by atoms with E-state index < -0.39 is 0 Å². The van der Waals surface area contributed by atoms with Crippen LogP contribution in [0.3, 0.4) is 0 Å². The first-order valence-electron chi connectivity index (χ1n) is 6.19. The maximum absolute atomic E-state index is 5.96. The fourth-order valence-electron chi connectivity index (χ4n) is 2.67. The zero-order valence-electron chi connectivity index (χ0n) is 9.97. The van der Waals surface area contributed by atoms with Gasteiger partial charge in [-0.2, -0.15) is 0 Å². The Bertz CT molecular complexity index is 495. The second-order valence-electron chi connectivity index (χ2n) is 4.66. The fourth-order valence-corrected chi connectivity index (χ4v) is 3.62. The van der Waals surface area contributed by atoms with Gasteiger partial charge in [0.1, 0.15) is 0 Å². The van der Waals surface area contributed by atoms with E-state index in [1.54, 1.807) is 11.3 Å². The summed E-state index contributed by atoms with van der Waals surface area (Å²) >= 11 is 7.73. The van der Waals surface area contributed by atoms with Gasteiger partial charge in [0.15, 0.2) is 0 Å². The van der Waals surface area contributed by atoms with Crippen molar-refractivity contribution in [3.8, 4) is 0 Å². The van der Waals surface area contributed by atoms with Crippen LogP contribution in [0.2, 0.25) is 5.02 Å². The van der Waals surface area contributed by atoms with Crippen molar-refractivity contribution in [3.05, 3.63) is 51.4 Å². The van der Waals surface area contributed by atoms with Crippen LogP contribution in [0.5, 0.6) is 0 Å². The van der Waals surface area contributed by atoms with E-state index in [0.717, 1.165) is 18.1 Å². The molecule has 3 rings (SSSR count). The number of benzene rings is 1. The molecular formula is C14H15ClN2S. The van der Waals surface area contributed by atoms with Crippen LogP contribution in [0.1, 0.15) is 28.7 Å². The highest BCUT2D eigenvalue weighted by atomic mass is 35.5. The summed E-state index contributed by atoms with van der Waals surface area (Å²) in [6.45, 7) is 2.12. The van der Waals surface area contributed by atoms with Crippen molar-refractivity contribution in [1.82, 2.24) is 10.3 Å². The highest BCUT2D eigenvalue weighted by Crippen LogP contribution is 2.38. The second-order valence-corrected chi connectivity index (χ2v) is 6.02. The van der Waals surface area contributed by atoms with Gasteiger partial charge in [-0.25, -0.2) is 0 Å². The van der Waals surface area contributed by atoms with Gasteiger partial charge in [-0.15, -0.1) is 11.3 Å². The molecule has 1 aliphatic heterocycles. The van der Waals surface area contributed by atoms with E-state index in [-0.39, 0.29) is 0 Å². The summed E-state index contributed by atoms with van der Waals surface area (Å²) in [5.74, 6) is 1.11. The first-order chi connectivity index (χ1) is 8.84. The molecule has 0 saturated carbocycles. The Hall–Kier alpha value is -0.900. The lowest BCUT2D eigenvalue weighted by atomic mass is 9.81. The van der Waals surface area contributed by atoms with Crippen LogP contribution < -0.4 is 5.32 Å². The zero-order chi connectivity index (χ0) is 12.4. The van der Waals surface area contributed by atoms with Crippen LogP contribution in [0, 0.1) is 0 Å². The van der Waals surface area contributed by atoms with Crippen LogP contribution in [0.15, 0.2) is 36.0 Å². The third-order valence-corrected chi connectivity index (χ3v) is 4.76. The largest absolute Gasteiger partial charge is 0.316 e. The number of nitrogens with one attached hydrogen (secondary N) is 1. The fraction of sp³-hybridized carbons (Fsp3) is 0.357. The Labute approximate surface area is 116 Å². The van der Waals surface area contributed by atoms with E-state index in [1.165, 1.54) is 16.9 Å². The van der Waals surface area contributed by atoms with Crippen molar-refractivity contribution >= 4 is 22.9 Å². The minimum atomic E-state index is 0.525. The summed E-state index contributed by atoms with van der Waals surface area (Å²) in [6.07, 6.45) is 3.19. The van der Waals surface area contributed by atoms with Crippen molar-refractivity contribution in [2.45, 2.75) is 18.3 Å². The number of hydrogen-bond donors (Lipinski definition) is 1. The number of piperidine rings is 1.